The number of amides is 1. The van der Waals surface area contributed by atoms with Crippen molar-refractivity contribution in [1.29, 1.82) is 0 Å². The van der Waals surface area contributed by atoms with Crippen LogP contribution in [0.3, 0.4) is 0 Å². The highest BCUT2D eigenvalue weighted by Gasteiger charge is 2.47. The van der Waals surface area contributed by atoms with Gasteiger partial charge in [-0.05, 0) is 31.5 Å². The van der Waals surface area contributed by atoms with E-state index in [1.54, 1.807) is 0 Å². The van der Waals surface area contributed by atoms with Crippen molar-refractivity contribution in [1.82, 2.24) is 9.97 Å². The summed E-state index contributed by atoms with van der Waals surface area (Å²) in [4.78, 5) is 24.6. The van der Waals surface area contributed by atoms with Crippen molar-refractivity contribution in [3.8, 4) is 18.2 Å². The topological polar surface area (TPSA) is 112 Å². The predicted octanol–water partition coefficient (Wildman–Crippen LogP) is 3.83. The van der Waals surface area contributed by atoms with Gasteiger partial charge in [0.05, 0.1) is 19.0 Å². The van der Waals surface area contributed by atoms with Crippen LogP contribution in [0.5, 0.6) is 5.88 Å². The van der Waals surface area contributed by atoms with Crippen LogP contribution in [0, 0.1) is 18.2 Å². The number of benzene rings is 1. The summed E-state index contributed by atoms with van der Waals surface area (Å²) in [5.41, 5.74) is 3.79. The number of ether oxygens (including phenoxy) is 2. The number of aromatic nitrogens is 2. The summed E-state index contributed by atoms with van der Waals surface area (Å²) in [6.45, 7) is -1.65. The number of carbonyl (C=O) groups excluding carboxylic acids is 1. The molecule has 0 fully saturated rings. The van der Waals surface area contributed by atoms with Gasteiger partial charge in [-0.2, -0.15) is 13.2 Å². The van der Waals surface area contributed by atoms with Crippen molar-refractivity contribution in [3.05, 3.63) is 47.7 Å². The highest BCUT2D eigenvalue weighted by molar-refractivity contribution is 8.15. The van der Waals surface area contributed by atoms with Crippen LogP contribution in [0.15, 0.2) is 35.6 Å². The van der Waals surface area contributed by atoms with Crippen LogP contribution in [0.1, 0.15) is 29.4 Å². The zero-order valence-electron chi connectivity index (χ0n) is 19.4. The number of hydrogen-bond acceptors (Lipinski definition) is 8. The predicted molar refractivity (Wildman–Crippen MR) is 127 cm³/mol. The normalized spacial score (nSPS) is 21.6. The minimum absolute atomic E-state index is 0.0338. The number of aliphatic imine (C=N–C) groups is 1. The van der Waals surface area contributed by atoms with E-state index < -0.39 is 48.1 Å². The molecule has 0 radical (unpaired) electrons. The molecule has 2 atom stereocenters. The molecule has 0 saturated heterocycles. The van der Waals surface area contributed by atoms with E-state index in [0.717, 1.165) is 24.0 Å². The first-order valence-corrected chi connectivity index (χ1v) is 11.4. The molecule has 0 spiro atoms. The lowest BCUT2D eigenvalue weighted by Crippen LogP contribution is -2.46. The lowest BCUT2D eigenvalue weighted by molar-refractivity contribution is -0.175. The third kappa shape index (κ3) is 7.30. The second-order valence-electron chi connectivity index (χ2n) is 8.33. The minimum Gasteiger partial charge on any atom is -0.463 e. The lowest BCUT2D eigenvalue weighted by atomic mass is 9.82. The van der Waals surface area contributed by atoms with Crippen molar-refractivity contribution in [2.24, 2.45) is 10.7 Å². The molecule has 3 N–H and O–H groups in total. The molecule has 37 heavy (non-hydrogen) atoms. The maximum Gasteiger partial charge on any atom is 0.411 e. The third-order valence-corrected chi connectivity index (χ3v) is 6.18. The van der Waals surface area contributed by atoms with Crippen LogP contribution in [0.4, 0.5) is 27.6 Å². The molecule has 2 aromatic rings. The molecule has 0 unspecified atom stereocenters. The fourth-order valence-corrected chi connectivity index (χ4v) is 4.91. The van der Waals surface area contributed by atoms with Crippen LogP contribution >= 0.6 is 11.8 Å². The molecule has 14 heteroatoms. The van der Waals surface area contributed by atoms with Crippen LogP contribution in [-0.2, 0) is 10.3 Å². The van der Waals surface area contributed by atoms with Gasteiger partial charge in [-0.25, -0.2) is 23.7 Å². The minimum atomic E-state index is -4.55. The number of halogens is 5. The van der Waals surface area contributed by atoms with E-state index in [-0.39, 0.29) is 41.0 Å². The summed E-state index contributed by atoms with van der Waals surface area (Å²) in [6, 6.07) is 3.45. The first-order valence-electron chi connectivity index (χ1n) is 10.6. The van der Waals surface area contributed by atoms with Gasteiger partial charge in [-0.1, -0.05) is 17.7 Å². The quantitative estimate of drug-likeness (QED) is 0.365. The molecule has 1 aromatic carbocycles. The number of nitrogens with one attached hydrogen (secondary N) is 1. The summed E-state index contributed by atoms with van der Waals surface area (Å²) < 4.78 is 75.8. The van der Waals surface area contributed by atoms with Crippen molar-refractivity contribution < 1.29 is 36.2 Å². The summed E-state index contributed by atoms with van der Waals surface area (Å²) in [6.07, 6.45) is 2.66. The van der Waals surface area contributed by atoms with Crippen LogP contribution in [0.25, 0.3) is 0 Å². The van der Waals surface area contributed by atoms with Gasteiger partial charge in [0.2, 0.25) is 5.88 Å². The number of rotatable bonds is 9. The van der Waals surface area contributed by atoms with E-state index in [0.29, 0.717) is 0 Å². The molecule has 2 heterocycles. The van der Waals surface area contributed by atoms with Crippen molar-refractivity contribution in [2.75, 3.05) is 31.8 Å². The third-order valence-electron chi connectivity index (χ3n) is 5.13. The molecule has 198 valence electrons. The number of carbonyl (C=O) groups is 1. The zero-order valence-corrected chi connectivity index (χ0v) is 20.3. The number of terminal acetylenes is 1. The van der Waals surface area contributed by atoms with Crippen LogP contribution in [-0.4, -0.2) is 58.5 Å². The number of nitrogens with zero attached hydrogens (tertiary/aromatic N) is 3. The fourth-order valence-electron chi connectivity index (χ4n) is 3.73. The number of hydrogen-bond donors (Lipinski definition) is 2. The largest absolute Gasteiger partial charge is 0.463 e. The van der Waals surface area contributed by atoms with Gasteiger partial charge in [-0.3, -0.25) is 4.79 Å². The van der Waals surface area contributed by atoms with E-state index in [2.05, 4.69) is 26.2 Å². The van der Waals surface area contributed by atoms with Crippen LogP contribution in [0.2, 0.25) is 0 Å². The van der Waals surface area contributed by atoms with Crippen molar-refractivity contribution in [2.45, 2.75) is 29.8 Å². The van der Waals surface area contributed by atoms with E-state index in [1.165, 1.54) is 25.3 Å². The Bertz CT molecular complexity index is 1200. The number of alkyl halides is 4. The first kappa shape index (κ1) is 28.1. The lowest BCUT2D eigenvalue weighted by Gasteiger charge is -2.41. The van der Waals surface area contributed by atoms with Gasteiger partial charge in [0.25, 0.3) is 5.91 Å². The number of amidine groups is 1. The Morgan fingerprint density at radius 3 is 2.70 bits per heavy atom. The summed E-state index contributed by atoms with van der Waals surface area (Å²) in [5, 5.41) is 2.37. The molecule has 3 rings (SSSR count). The van der Waals surface area contributed by atoms with Gasteiger partial charge < -0.3 is 20.5 Å². The first-order chi connectivity index (χ1) is 17.4. The summed E-state index contributed by atoms with van der Waals surface area (Å²) in [7, 11) is 0. The SMILES string of the molecule is C#CCOc1cnc(C(=O)Nc2ccc(F)c([C@]3(CF)C[C@](C)(COCC(F)(F)F)SC(N)=N3)c2)cn1. The van der Waals surface area contributed by atoms with Gasteiger partial charge in [0.15, 0.2) is 11.8 Å². The van der Waals surface area contributed by atoms with E-state index in [4.69, 9.17) is 21.6 Å². The zero-order chi connectivity index (χ0) is 27.3. The van der Waals surface area contributed by atoms with Gasteiger partial charge in [0, 0.05) is 16.0 Å². The standard InChI is InChI=1S/C23H22F5N5O3S/c1-3-6-36-18-9-30-17(8-31-18)19(34)32-14-4-5-16(25)15(7-14)22(11-24)10-21(2,37-20(29)33-22)12-35-13-23(26,27)28/h1,4-5,7-9H,6,10-13H2,2H3,(H2,29,33)(H,32,34)/t21-,22-/m1/s1. The fraction of sp³-hybridized carbons (Fsp3) is 0.391. The molecule has 0 aliphatic carbocycles. The number of thioether (sulfide) groups is 1. The highest BCUT2D eigenvalue weighted by Crippen LogP contribution is 2.47. The number of anilines is 1. The second kappa shape index (κ2) is 11.3. The molecule has 8 nitrogen and oxygen atoms in total. The molecule has 1 aromatic heterocycles. The molecular weight excluding hydrogens is 521 g/mol. The Balaban J connectivity index is 1.84. The molecule has 1 aliphatic heterocycles. The van der Waals surface area contributed by atoms with Gasteiger partial charge >= 0.3 is 6.18 Å². The Morgan fingerprint density at radius 2 is 2.08 bits per heavy atom. The van der Waals surface area contributed by atoms with Gasteiger partial charge in [-0.15, -0.1) is 6.42 Å². The van der Waals surface area contributed by atoms with E-state index >= 15 is 0 Å². The van der Waals surface area contributed by atoms with E-state index in [1.807, 2.05) is 0 Å². The van der Waals surface area contributed by atoms with E-state index in [9.17, 15) is 26.7 Å². The maximum atomic E-state index is 15.0. The summed E-state index contributed by atoms with van der Waals surface area (Å²) in [5.74, 6) is 0.826. The average Bonchev–Trinajstić information content (AvgIpc) is 2.82. The summed E-state index contributed by atoms with van der Waals surface area (Å²) >= 11 is 0.916. The van der Waals surface area contributed by atoms with Crippen LogP contribution < -0.4 is 15.8 Å². The molecular formula is C23H22F5N5O3S. The highest BCUT2D eigenvalue weighted by atomic mass is 32.2. The van der Waals surface area contributed by atoms with Crippen molar-refractivity contribution in [3.63, 3.8) is 0 Å². The Hall–Kier alpha value is -3.44. The smallest absolute Gasteiger partial charge is 0.411 e. The molecule has 0 saturated carbocycles. The maximum absolute atomic E-state index is 15.0. The Labute approximate surface area is 213 Å². The average molecular weight is 544 g/mol. The van der Waals surface area contributed by atoms with Gasteiger partial charge in [0.1, 0.15) is 30.3 Å². The molecule has 1 amide bonds. The second-order valence-corrected chi connectivity index (χ2v) is 9.94. The molecule has 0 bridgehead atoms. The van der Waals surface area contributed by atoms with Crippen molar-refractivity contribution >= 4 is 28.5 Å². The monoisotopic (exact) mass is 543 g/mol. The molecule has 1 aliphatic rings. The number of nitrogens with two attached hydrogens (primary N) is 1. The Morgan fingerprint density at radius 1 is 1.32 bits per heavy atom. The Kier molecular flexibility index (Phi) is 8.60.